The summed E-state index contributed by atoms with van der Waals surface area (Å²) in [6.45, 7) is 12.4. The summed E-state index contributed by atoms with van der Waals surface area (Å²) in [5.74, 6) is 2.07. The number of nitrogens with zero attached hydrogens (tertiary/aromatic N) is 5. The van der Waals surface area contributed by atoms with Gasteiger partial charge in [0, 0.05) is 50.0 Å². The second-order valence-electron chi connectivity index (χ2n) is 7.47. The van der Waals surface area contributed by atoms with E-state index in [0.29, 0.717) is 13.1 Å². The van der Waals surface area contributed by atoms with Gasteiger partial charge in [-0.1, -0.05) is 32.0 Å². The van der Waals surface area contributed by atoms with Crippen LogP contribution in [0.1, 0.15) is 43.8 Å². The van der Waals surface area contributed by atoms with Crippen molar-refractivity contribution in [2.75, 3.05) is 42.6 Å². The quantitative estimate of drug-likeness (QED) is 0.795. The Bertz CT molecular complexity index is 818. The van der Waals surface area contributed by atoms with Crippen molar-refractivity contribution >= 4 is 17.4 Å². The van der Waals surface area contributed by atoms with Crippen LogP contribution in [0.3, 0.4) is 0 Å². The Morgan fingerprint density at radius 1 is 0.966 bits per heavy atom. The highest BCUT2D eigenvalue weighted by atomic mass is 16.2. The third-order valence-corrected chi connectivity index (χ3v) is 5.40. The summed E-state index contributed by atoms with van der Waals surface area (Å²) in [4.78, 5) is 28.2. The molecule has 6 heteroatoms. The molecule has 1 amide bonds. The highest BCUT2D eigenvalue weighted by Crippen LogP contribution is 2.28. The minimum atomic E-state index is 0.233. The Morgan fingerprint density at radius 2 is 1.76 bits per heavy atom. The molecule has 0 atom stereocenters. The molecule has 0 aliphatic carbocycles. The van der Waals surface area contributed by atoms with Crippen LogP contribution in [0, 0.1) is 13.8 Å². The number of carbonyl (C=O) groups excluding carboxylic acids is 1. The lowest BCUT2D eigenvalue weighted by atomic mass is 10.0. The van der Waals surface area contributed by atoms with Gasteiger partial charge in [-0.3, -0.25) is 14.6 Å². The molecule has 2 aromatic rings. The third-order valence-electron chi connectivity index (χ3n) is 5.40. The Kier molecular flexibility index (Phi) is 7.20. The number of benzene rings is 1. The summed E-state index contributed by atoms with van der Waals surface area (Å²) in [5.41, 5.74) is 3.37. The van der Waals surface area contributed by atoms with Crippen LogP contribution < -0.4 is 9.80 Å². The highest BCUT2D eigenvalue weighted by Gasteiger charge is 2.26. The summed E-state index contributed by atoms with van der Waals surface area (Å²) in [7, 11) is 0. The maximum Gasteiger partial charge on any atom is 0.228 e. The Morgan fingerprint density at radius 3 is 2.55 bits per heavy atom. The van der Waals surface area contributed by atoms with Crippen molar-refractivity contribution in [3.8, 4) is 0 Å². The first-order valence-electron chi connectivity index (χ1n) is 10.8. The first kappa shape index (κ1) is 21.2. The fourth-order valence-electron chi connectivity index (χ4n) is 4.05. The van der Waals surface area contributed by atoms with Gasteiger partial charge in [0.2, 0.25) is 5.91 Å². The Labute approximate surface area is 174 Å². The van der Waals surface area contributed by atoms with Crippen molar-refractivity contribution in [3.63, 3.8) is 0 Å². The zero-order chi connectivity index (χ0) is 20.8. The fraction of sp³-hybridized carbons (Fsp3) is 0.522. The van der Waals surface area contributed by atoms with E-state index in [9.17, 15) is 4.79 Å². The fourth-order valence-corrected chi connectivity index (χ4v) is 4.05. The Balaban J connectivity index is 0.00000117. The van der Waals surface area contributed by atoms with E-state index in [1.54, 1.807) is 0 Å². The van der Waals surface area contributed by atoms with E-state index in [1.807, 2.05) is 38.7 Å². The number of aryl methyl sites for hydroxylation is 3. The topological polar surface area (TPSA) is 52.6 Å². The molecule has 0 saturated carbocycles. The molecule has 0 bridgehead atoms. The van der Waals surface area contributed by atoms with Gasteiger partial charge in [-0.05, 0) is 38.3 Å². The van der Waals surface area contributed by atoms with Crippen LogP contribution in [0.25, 0.3) is 0 Å². The normalized spacial score (nSPS) is 17.3. The number of fused-ring (bicyclic) bond motifs is 1. The van der Waals surface area contributed by atoms with Gasteiger partial charge >= 0.3 is 0 Å². The number of hydrogen-bond donors (Lipinski definition) is 0. The monoisotopic (exact) mass is 395 g/mol. The molecule has 1 saturated heterocycles. The van der Waals surface area contributed by atoms with Crippen molar-refractivity contribution < 1.29 is 4.79 Å². The lowest BCUT2D eigenvalue weighted by Crippen LogP contribution is -2.45. The molecule has 1 fully saturated rings. The standard InChI is InChI=1S/C21H27N5O.C2H6/c1-16-14-20(23-17(2)22-16)25-11-5-10-24(12-13-25)15-26-19-7-4-3-6-18(19)8-9-21(26)27;1-2/h3-4,6-7,14H,5,8-13,15H2,1-2H3;1-2H3. The minimum Gasteiger partial charge on any atom is -0.355 e. The van der Waals surface area contributed by atoms with E-state index in [1.165, 1.54) is 5.56 Å². The number of aromatic nitrogens is 2. The molecule has 1 aromatic heterocycles. The lowest BCUT2D eigenvalue weighted by molar-refractivity contribution is -0.119. The molecular formula is C23H33N5O. The summed E-state index contributed by atoms with van der Waals surface area (Å²) in [6, 6.07) is 10.4. The van der Waals surface area contributed by atoms with Gasteiger partial charge in [-0.15, -0.1) is 0 Å². The van der Waals surface area contributed by atoms with Gasteiger partial charge in [0.1, 0.15) is 11.6 Å². The van der Waals surface area contributed by atoms with Crippen molar-refractivity contribution in [3.05, 3.63) is 47.4 Å². The molecule has 156 valence electrons. The lowest BCUT2D eigenvalue weighted by Gasteiger charge is -2.34. The smallest absolute Gasteiger partial charge is 0.228 e. The molecule has 0 spiro atoms. The molecule has 0 unspecified atom stereocenters. The molecule has 29 heavy (non-hydrogen) atoms. The molecular weight excluding hydrogens is 362 g/mol. The summed E-state index contributed by atoms with van der Waals surface area (Å²) in [5, 5.41) is 0. The first-order valence-corrected chi connectivity index (χ1v) is 10.8. The molecule has 1 aromatic carbocycles. The number of anilines is 2. The van der Waals surface area contributed by atoms with Gasteiger partial charge in [-0.25, -0.2) is 9.97 Å². The van der Waals surface area contributed by atoms with Gasteiger partial charge in [0.15, 0.2) is 0 Å². The summed E-state index contributed by atoms with van der Waals surface area (Å²) in [6.07, 6.45) is 2.52. The molecule has 0 radical (unpaired) electrons. The largest absolute Gasteiger partial charge is 0.355 e. The van der Waals surface area contributed by atoms with Crippen molar-refractivity contribution in [1.82, 2.24) is 14.9 Å². The number of rotatable bonds is 3. The maximum atomic E-state index is 12.5. The van der Waals surface area contributed by atoms with Crippen molar-refractivity contribution in [2.45, 2.75) is 47.0 Å². The van der Waals surface area contributed by atoms with E-state index >= 15 is 0 Å². The van der Waals surface area contributed by atoms with Gasteiger partial charge in [-0.2, -0.15) is 0 Å². The molecule has 2 aliphatic rings. The molecule has 3 heterocycles. The average Bonchev–Trinajstić information content (AvgIpc) is 2.97. The SMILES string of the molecule is CC.Cc1cc(N2CCCN(CN3C(=O)CCc4ccccc43)CC2)nc(C)n1. The number of para-hydroxylation sites is 1. The second-order valence-corrected chi connectivity index (χ2v) is 7.47. The van der Waals surface area contributed by atoms with Crippen LogP contribution in [0.5, 0.6) is 0 Å². The predicted molar refractivity (Wildman–Crippen MR) is 118 cm³/mol. The van der Waals surface area contributed by atoms with Gasteiger partial charge < -0.3 is 4.90 Å². The van der Waals surface area contributed by atoms with Crippen LogP contribution in [0.15, 0.2) is 30.3 Å². The number of amides is 1. The van der Waals surface area contributed by atoms with E-state index in [0.717, 1.165) is 62.0 Å². The third kappa shape index (κ3) is 5.12. The van der Waals surface area contributed by atoms with Crippen LogP contribution in [-0.4, -0.2) is 53.6 Å². The highest BCUT2D eigenvalue weighted by molar-refractivity contribution is 5.96. The number of carbonyl (C=O) groups is 1. The maximum absolute atomic E-state index is 12.5. The summed E-state index contributed by atoms with van der Waals surface area (Å²) < 4.78 is 0. The van der Waals surface area contributed by atoms with E-state index in [2.05, 4.69) is 44.0 Å². The van der Waals surface area contributed by atoms with Crippen LogP contribution >= 0.6 is 0 Å². The molecule has 6 nitrogen and oxygen atoms in total. The average molecular weight is 396 g/mol. The molecule has 2 aliphatic heterocycles. The van der Waals surface area contributed by atoms with Crippen molar-refractivity contribution in [1.29, 1.82) is 0 Å². The van der Waals surface area contributed by atoms with Gasteiger partial charge in [0.25, 0.3) is 0 Å². The minimum absolute atomic E-state index is 0.233. The van der Waals surface area contributed by atoms with Gasteiger partial charge in [0.05, 0.1) is 6.67 Å². The first-order chi connectivity index (χ1) is 14.1. The predicted octanol–water partition coefficient (Wildman–Crippen LogP) is 3.57. The van der Waals surface area contributed by atoms with E-state index < -0.39 is 0 Å². The van der Waals surface area contributed by atoms with Crippen LogP contribution in [-0.2, 0) is 11.2 Å². The van der Waals surface area contributed by atoms with E-state index in [4.69, 9.17) is 0 Å². The summed E-state index contributed by atoms with van der Waals surface area (Å²) >= 11 is 0. The van der Waals surface area contributed by atoms with E-state index in [-0.39, 0.29) is 5.91 Å². The Hall–Kier alpha value is -2.47. The zero-order valence-electron chi connectivity index (χ0n) is 18.2. The molecule has 4 rings (SSSR count). The van der Waals surface area contributed by atoms with Crippen molar-refractivity contribution in [2.24, 2.45) is 0 Å². The molecule has 0 N–H and O–H groups in total. The second kappa shape index (κ2) is 9.83. The number of hydrogen-bond acceptors (Lipinski definition) is 5. The zero-order valence-corrected chi connectivity index (χ0v) is 18.2. The van der Waals surface area contributed by atoms with Crippen LogP contribution in [0.2, 0.25) is 0 Å². The van der Waals surface area contributed by atoms with Crippen LogP contribution in [0.4, 0.5) is 11.5 Å².